The summed E-state index contributed by atoms with van der Waals surface area (Å²) in [6, 6.07) is 2.10. The van der Waals surface area contributed by atoms with E-state index in [0.717, 1.165) is 19.6 Å². The van der Waals surface area contributed by atoms with Crippen LogP contribution in [0.25, 0.3) is 0 Å². The number of hydrogen-bond donors (Lipinski definition) is 2. The number of unbranched alkanes of at least 4 members (excludes halogenated alkanes) is 5. The minimum absolute atomic E-state index is 0.409. The van der Waals surface area contributed by atoms with Gasteiger partial charge in [0.25, 0.3) is 0 Å². The molecule has 0 saturated heterocycles. The van der Waals surface area contributed by atoms with Gasteiger partial charge >= 0.3 is 0 Å². The van der Waals surface area contributed by atoms with Crippen molar-refractivity contribution in [3.63, 3.8) is 0 Å². The van der Waals surface area contributed by atoms with Crippen LogP contribution >= 0.6 is 11.3 Å². The number of thiophene rings is 1. The Hall–Kier alpha value is -0.420. The lowest BCUT2D eigenvalue weighted by molar-refractivity contribution is 0.0353. The Morgan fingerprint density at radius 1 is 1.25 bits per heavy atom. The van der Waals surface area contributed by atoms with Gasteiger partial charge in [-0.1, -0.05) is 39.0 Å². The molecular formula is C16H29NO2S. The second-order valence-electron chi connectivity index (χ2n) is 5.26. The predicted molar refractivity (Wildman–Crippen MR) is 86.2 cm³/mol. The highest BCUT2D eigenvalue weighted by Gasteiger charge is 2.03. The topological polar surface area (TPSA) is 41.5 Å². The van der Waals surface area contributed by atoms with Gasteiger partial charge < -0.3 is 15.2 Å². The third-order valence-electron chi connectivity index (χ3n) is 3.24. The van der Waals surface area contributed by atoms with E-state index in [1.807, 2.05) is 0 Å². The SMILES string of the molecule is CCCCCCCCOCC(O)CNCc1ccsc1. The lowest BCUT2D eigenvalue weighted by atomic mass is 10.1. The first kappa shape index (κ1) is 17.6. The van der Waals surface area contributed by atoms with Gasteiger partial charge in [-0.3, -0.25) is 0 Å². The normalized spacial score (nSPS) is 12.7. The fraction of sp³-hybridized carbons (Fsp3) is 0.750. The fourth-order valence-electron chi connectivity index (χ4n) is 2.04. The standard InChI is InChI=1S/C16H29NO2S/c1-2-3-4-5-6-7-9-19-13-16(18)12-17-11-15-8-10-20-14-15/h8,10,14,16-18H,2-7,9,11-13H2,1H3. The summed E-state index contributed by atoms with van der Waals surface area (Å²) in [7, 11) is 0. The summed E-state index contributed by atoms with van der Waals surface area (Å²) in [5, 5.41) is 17.2. The first-order valence-corrected chi connectivity index (χ1v) is 8.74. The summed E-state index contributed by atoms with van der Waals surface area (Å²) in [6.45, 7) is 4.85. The van der Waals surface area contributed by atoms with E-state index in [-0.39, 0.29) is 0 Å². The Bertz CT molecular complexity index is 303. The molecule has 3 nitrogen and oxygen atoms in total. The van der Waals surface area contributed by atoms with Crippen LogP contribution < -0.4 is 5.32 Å². The van der Waals surface area contributed by atoms with Crippen molar-refractivity contribution in [1.82, 2.24) is 5.32 Å². The van der Waals surface area contributed by atoms with Crippen LogP contribution in [-0.2, 0) is 11.3 Å². The predicted octanol–water partition coefficient (Wildman–Crippen LogP) is 3.58. The summed E-state index contributed by atoms with van der Waals surface area (Å²) in [4.78, 5) is 0. The summed E-state index contributed by atoms with van der Waals surface area (Å²) in [6.07, 6.45) is 7.23. The van der Waals surface area contributed by atoms with Crippen LogP contribution in [0.5, 0.6) is 0 Å². The molecule has 2 N–H and O–H groups in total. The van der Waals surface area contributed by atoms with Crippen LogP contribution in [0.3, 0.4) is 0 Å². The molecule has 1 unspecified atom stereocenters. The van der Waals surface area contributed by atoms with Crippen LogP contribution in [-0.4, -0.2) is 31.0 Å². The lowest BCUT2D eigenvalue weighted by Gasteiger charge is -2.12. The van der Waals surface area contributed by atoms with Crippen molar-refractivity contribution < 1.29 is 9.84 Å². The van der Waals surface area contributed by atoms with Gasteiger partial charge in [-0.05, 0) is 28.8 Å². The number of nitrogens with one attached hydrogen (secondary N) is 1. The van der Waals surface area contributed by atoms with Crippen molar-refractivity contribution in [3.8, 4) is 0 Å². The van der Waals surface area contributed by atoms with Crippen LogP contribution in [0.1, 0.15) is 51.0 Å². The highest BCUT2D eigenvalue weighted by Crippen LogP contribution is 2.06. The van der Waals surface area contributed by atoms with E-state index in [0.29, 0.717) is 13.2 Å². The van der Waals surface area contributed by atoms with Gasteiger partial charge in [0.05, 0.1) is 12.7 Å². The van der Waals surface area contributed by atoms with Gasteiger partial charge in [-0.25, -0.2) is 0 Å². The maximum Gasteiger partial charge on any atom is 0.0897 e. The Labute approximate surface area is 127 Å². The maximum absolute atomic E-state index is 9.77. The molecule has 0 amide bonds. The molecule has 1 atom stereocenters. The number of hydrogen-bond acceptors (Lipinski definition) is 4. The lowest BCUT2D eigenvalue weighted by Crippen LogP contribution is -2.30. The van der Waals surface area contributed by atoms with E-state index < -0.39 is 6.10 Å². The van der Waals surface area contributed by atoms with Gasteiger partial charge in [-0.2, -0.15) is 11.3 Å². The molecule has 0 aromatic carbocycles. The molecule has 0 aliphatic rings. The molecule has 1 rings (SSSR count). The van der Waals surface area contributed by atoms with Crippen molar-refractivity contribution >= 4 is 11.3 Å². The molecule has 1 aromatic heterocycles. The molecule has 0 fully saturated rings. The third kappa shape index (κ3) is 9.48. The Morgan fingerprint density at radius 3 is 2.80 bits per heavy atom. The number of rotatable bonds is 13. The zero-order valence-electron chi connectivity index (χ0n) is 12.6. The van der Waals surface area contributed by atoms with Crippen molar-refractivity contribution in [2.24, 2.45) is 0 Å². The Morgan fingerprint density at radius 2 is 2.05 bits per heavy atom. The molecule has 1 heterocycles. The molecule has 0 aliphatic carbocycles. The molecule has 0 spiro atoms. The molecule has 0 aliphatic heterocycles. The summed E-state index contributed by atoms with van der Waals surface area (Å²) < 4.78 is 5.50. The smallest absolute Gasteiger partial charge is 0.0897 e. The van der Waals surface area contributed by atoms with Gasteiger partial charge in [0, 0.05) is 19.7 Å². The molecule has 20 heavy (non-hydrogen) atoms. The third-order valence-corrected chi connectivity index (χ3v) is 3.97. The minimum atomic E-state index is -0.409. The number of aliphatic hydroxyl groups is 1. The first-order chi connectivity index (χ1) is 9.83. The van der Waals surface area contributed by atoms with Crippen LogP contribution in [0.4, 0.5) is 0 Å². The van der Waals surface area contributed by atoms with Crippen LogP contribution in [0.2, 0.25) is 0 Å². The zero-order valence-corrected chi connectivity index (χ0v) is 13.5. The van der Waals surface area contributed by atoms with E-state index in [9.17, 15) is 5.11 Å². The maximum atomic E-state index is 9.77. The second-order valence-corrected chi connectivity index (χ2v) is 6.04. The zero-order chi connectivity index (χ0) is 14.5. The summed E-state index contributed by atoms with van der Waals surface area (Å²) >= 11 is 1.70. The minimum Gasteiger partial charge on any atom is -0.389 e. The van der Waals surface area contributed by atoms with E-state index in [1.165, 1.54) is 37.7 Å². The van der Waals surface area contributed by atoms with Crippen molar-refractivity contribution in [2.45, 2.75) is 58.1 Å². The highest BCUT2D eigenvalue weighted by atomic mass is 32.1. The largest absolute Gasteiger partial charge is 0.389 e. The summed E-state index contributed by atoms with van der Waals surface area (Å²) in [5.74, 6) is 0. The fourth-order valence-corrected chi connectivity index (χ4v) is 2.71. The van der Waals surface area contributed by atoms with Crippen LogP contribution in [0.15, 0.2) is 16.8 Å². The van der Waals surface area contributed by atoms with E-state index in [2.05, 4.69) is 29.1 Å². The van der Waals surface area contributed by atoms with E-state index >= 15 is 0 Å². The van der Waals surface area contributed by atoms with E-state index in [1.54, 1.807) is 11.3 Å². The molecule has 4 heteroatoms. The molecule has 116 valence electrons. The molecule has 0 bridgehead atoms. The van der Waals surface area contributed by atoms with Gasteiger partial charge in [0.2, 0.25) is 0 Å². The Balaban J connectivity index is 1.84. The van der Waals surface area contributed by atoms with E-state index in [4.69, 9.17) is 4.74 Å². The second kappa shape index (κ2) is 12.3. The van der Waals surface area contributed by atoms with Crippen molar-refractivity contribution in [2.75, 3.05) is 19.8 Å². The van der Waals surface area contributed by atoms with Gasteiger partial charge in [0.15, 0.2) is 0 Å². The average Bonchev–Trinajstić information content (AvgIpc) is 2.95. The number of ether oxygens (including phenoxy) is 1. The molecule has 1 aromatic rings. The first-order valence-electron chi connectivity index (χ1n) is 7.80. The molecule has 0 radical (unpaired) electrons. The molecular weight excluding hydrogens is 270 g/mol. The Kier molecular flexibility index (Phi) is 10.9. The monoisotopic (exact) mass is 299 g/mol. The van der Waals surface area contributed by atoms with Gasteiger partial charge in [-0.15, -0.1) is 0 Å². The number of aliphatic hydroxyl groups excluding tert-OH is 1. The van der Waals surface area contributed by atoms with Crippen molar-refractivity contribution in [1.29, 1.82) is 0 Å². The summed E-state index contributed by atoms with van der Waals surface area (Å²) in [5.41, 5.74) is 1.27. The van der Waals surface area contributed by atoms with Crippen molar-refractivity contribution in [3.05, 3.63) is 22.4 Å². The quantitative estimate of drug-likeness (QED) is 0.547. The molecule has 0 saturated carbocycles. The average molecular weight is 299 g/mol. The van der Waals surface area contributed by atoms with Gasteiger partial charge in [0.1, 0.15) is 0 Å². The highest BCUT2D eigenvalue weighted by molar-refractivity contribution is 7.07. The van der Waals surface area contributed by atoms with Crippen LogP contribution in [0, 0.1) is 0 Å².